The summed E-state index contributed by atoms with van der Waals surface area (Å²) in [5.41, 5.74) is 1.71. The van der Waals surface area contributed by atoms with E-state index in [1.165, 1.54) is 0 Å². The molecule has 1 amide bonds. The van der Waals surface area contributed by atoms with Crippen LogP contribution in [0.5, 0.6) is 0 Å². The summed E-state index contributed by atoms with van der Waals surface area (Å²) in [6, 6.07) is 13.2. The van der Waals surface area contributed by atoms with Gasteiger partial charge in [0.05, 0.1) is 10.6 Å². The Morgan fingerprint density at radius 1 is 1.04 bits per heavy atom. The van der Waals surface area contributed by atoms with Gasteiger partial charge in [-0.25, -0.2) is 0 Å². The Labute approximate surface area is 153 Å². The zero-order chi connectivity index (χ0) is 16.1. The number of nitrogens with zero attached hydrogens (tertiary/aromatic N) is 3. The second-order valence-electron chi connectivity index (χ2n) is 5.68. The molecule has 2 heterocycles. The minimum Gasteiger partial charge on any atom is -0.336 e. The number of hydrogen-bond acceptors (Lipinski definition) is 3. The predicted molar refractivity (Wildman–Crippen MR) is 99.0 cm³/mol. The van der Waals surface area contributed by atoms with E-state index < -0.39 is 0 Å². The van der Waals surface area contributed by atoms with Crippen molar-refractivity contribution in [1.29, 1.82) is 0 Å². The molecule has 6 heteroatoms. The van der Waals surface area contributed by atoms with Crippen LogP contribution in [0, 0.1) is 0 Å². The third kappa shape index (κ3) is 4.69. The lowest BCUT2D eigenvalue weighted by Crippen LogP contribution is -2.49. The third-order valence-electron chi connectivity index (χ3n) is 4.17. The molecule has 4 nitrogen and oxygen atoms in total. The molecule has 0 saturated carbocycles. The van der Waals surface area contributed by atoms with Gasteiger partial charge < -0.3 is 4.90 Å². The fourth-order valence-corrected chi connectivity index (χ4v) is 3.01. The highest BCUT2D eigenvalue weighted by molar-refractivity contribution is 6.33. The summed E-state index contributed by atoms with van der Waals surface area (Å²) < 4.78 is 0. The normalized spacial score (nSPS) is 15.0. The van der Waals surface area contributed by atoms with Gasteiger partial charge in [0.25, 0.3) is 5.91 Å². The van der Waals surface area contributed by atoms with Crippen LogP contribution in [0.1, 0.15) is 16.1 Å². The first-order valence-corrected chi connectivity index (χ1v) is 8.28. The van der Waals surface area contributed by atoms with Crippen molar-refractivity contribution in [2.24, 2.45) is 0 Å². The van der Waals surface area contributed by atoms with Crippen molar-refractivity contribution in [3.8, 4) is 0 Å². The molecule has 0 radical (unpaired) electrons. The van der Waals surface area contributed by atoms with Crippen molar-refractivity contribution in [1.82, 2.24) is 14.8 Å². The summed E-state index contributed by atoms with van der Waals surface area (Å²) in [6.45, 7) is 4.25. The van der Waals surface area contributed by atoms with Crippen molar-refractivity contribution in [2.45, 2.75) is 6.42 Å². The highest BCUT2D eigenvalue weighted by Crippen LogP contribution is 2.18. The molecule has 0 unspecified atom stereocenters. The molecule has 0 N–H and O–H groups in total. The van der Waals surface area contributed by atoms with Gasteiger partial charge in [0, 0.05) is 51.0 Å². The molecule has 0 atom stereocenters. The molecule has 1 aliphatic rings. The molecule has 1 saturated heterocycles. The van der Waals surface area contributed by atoms with Crippen LogP contribution in [0.15, 0.2) is 48.7 Å². The standard InChI is InChI=1S/C18H20ClN3O.ClH/c19-17-7-2-1-6-16(17)18(23)22-13-11-21(12-14-22)10-8-15-5-3-4-9-20-15;/h1-7,9H,8,10-14H2;1H. The number of hydrogen-bond donors (Lipinski definition) is 0. The van der Waals surface area contributed by atoms with Gasteiger partial charge in [-0.1, -0.05) is 29.8 Å². The quantitative estimate of drug-likeness (QED) is 0.834. The molecule has 0 aliphatic carbocycles. The van der Waals surface area contributed by atoms with E-state index >= 15 is 0 Å². The summed E-state index contributed by atoms with van der Waals surface area (Å²) in [4.78, 5) is 21.1. The largest absolute Gasteiger partial charge is 0.336 e. The number of halogens is 2. The molecular formula is C18H21Cl2N3O. The third-order valence-corrected chi connectivity index (χ3v) is 4.50. The van der Waals surface area contributed by atoms with Crippen LogP contribution < -0.4 is 0 Å². The number of benzene rings is 1. The minimum absolute atomic E-state index is 0. The first kappa shape index (κ1) is 18.7. The van der Waals surface area contributed by atoms with Crippen LogP contribution in [-0.4, -0.2) is 53.4 Å². The maximum atomic E-state index is 12.5. The highest BCUT2D eigenvalue weighted by atomic mass is 35.5. The molecule has 3 rings (SSSR count). The summed E-state index contributed by atoms with van der Waals surface area (Å²) in [5, 5.41) is 0.523. The number of carbonyl (C=O) groups excluding carboxylic acids is 1. The maximum Gasteiger partial charge on any atom is 0.255 e. The Hall–Kier alpha value is -1.62. The van der Waals surface area contributed by atoms with Gasteiger partial charge in [-0.15, -0.1) is 12.4 Å². The van der Waals surface area contributed by atoms with Crippen LogP contribution in [0.25, 0.3) is 0 Å². The van der Waals surface area contributed by atoms with E-state index in [-0.39, 0.29) is 18.3 Å². The van der Waals surface area contributed by atoms with Crippen molar-refractivity contribution < 1.29 is 4.79 Å². The lowest BCUT2D eigenvalue weighted by atomic mass is 10.1. The first-order chi connectivity index (χ1) is 11.2. The predicted octanol–water partition coefficient (Wildman–Crippen LogP) is 3.16. The lowest BCUT2D eigenvalue weighted by molar-refractivity contribution is 0.0638. The number of piperazine rings is 1. The molecule has 2 aromatic rings. The molecule has 1 aliphatic heterocycles. The molecule has 24 heavy (non-hydrogen) atoms. The van der Waals surface area contributed by atoms with Gasteiger partial charge in [0.2, 0.25) is 0 Å². The van der Waals surface area contributed by atoms with Gasteiger partial charge >= 0.3 is 0 Å². The van der Waals surface area contributed by atoms with Crippen molar-refractivity contribution in [2.75, 3.05) is 32.7 Å². The number of pyridine rings is 1. The van der Waals surface area contributed by atoms with Crippen LogP contribution in [0.3, 0.4) is 0 Å². The minimum atomic E-state index is 0. The number of amides is 1. The fourth-order valence-electron chi connectivity index (χ4n) is 2.80. The maximum absolute atomic E-state index is 12.5. The SMILES string of the molecule is Cl.O=C(c1ccccc1Cl)N1CCN(CCc2ccccn2)CC1. The Kier molecular flexibility index (Phi) is 7.03. The van der Waals surface area contributed by atoms with Crippen LogP contribution >= 0.6 is 24.0 Å². The summed E-state index contributed by atoms with van der Waals surface area (Å²) in [5.74, 6) is 0.0278. The average Bonchev–Trinajstić information content (AvgIpc) is 2.61. The zero-order valence-electron chi connectivity index (χ0n) is 13.4. The number of aromatic nitrogens is 1. The van der Waals surface area contributed by atoms with Gasteiger partial charge in [-0.05, 0) is 24.3 Å². The first-order valence-electron chi connectivity index (χ1n) is 7.90. The van der Waals surface area contributed by atoms with E-state index in [0.717, 1.165) is 44.8 Å². The number of carbonyl (C=O) groups is 1. The van der Waals surface area contributed by atoms with Crippen LogP contribution in [0.4, 0.5) is 0 Å². The summed E-state index contributed by atoms with van der Waals surface area (Å²) in [7, 11) is 0. The molecule has 128 valence electrons. The molecule has 0 spiro atoms. The zero-order valence-corrected chi connectivity index (χ0v) is 15.0. The Balaban J connectivity index is 0.00000208. The smallest absolute Gasteiger partial charge is 0.255 e. The van der Waals surface area contributed by atoms with Gasteiger partial charge in [0.1, 0.15) is 0 Å². The molecule has 1 aromatic carbocycles. The van der Waals surface area contributed by atoms with Crippen LogP contribution in [-0.2, 0) is 6.42 Å². The molecule has 1 fully saturated rings. The van der Waals surface area contributed by atoms with Crippen LogP contribution in [0.2, 0.25) is 5.02 Å². The summed E-state index contributed by atoms with van der Waals surface area (Å²) >= 11 is 6.12. The topological polar surface area (TPSA) is 36.4 Å². The second kappa shape index (κ2) is 9.02. The van der Waals surface area contributed by atoms with Crippen molar-refractivity contribution in [3.63, 3.8) is 0 Å². The van der Waals surface area contributed by atoms with Crippen molar-refractivity contribution in [3.05, 3.63) is 64.9 Å². The fraction of sp³-hybridized carbons (Fsp3) is 0.333. The van der Waals surface area contributed by atoms with E-state index in [9.17, 15) is 4.79 Å². The Morgan fingerprint density at radius 2 is 1.75 bits per heavy atom. The van der Waals surface area contributed by atoms with E-state index in [4.69, 9.17) is 11.6 Å². The van der Waals surface area contributed by atoms with Crippen molar-refractivity contribution >= 4 is 29.9 Å². The highest BCUT2D eigenvalue weighted by Gasteiger charge is 2.23. The van der Waals surface area contributed by atoms with Gasteiger partial charge in [-0.2, -0.15) is 0 Å². The lowest BCUT2D eigenvalue weighted by Gasteiger charge is -2.34. The van der Waals surface area contributed by atoms with Gasteiger partial charge in [-0.3, -0.25) is 14.7 Å². The molecule has 0 bridgehead atoms. The summed E-state index contributed by atoms with van der Waals surface area (Å²) in [6.07, 6.45) is 2.77. The molecular weight excluding hydrogens is 345 g/mol. The van der Waals surface area contributed by atoms with E-state index in [1.807, 2.05) is 35.4 Å². The average molecular weight is 366 g/mol. The number of rotatable bonds is 4. The molecule has 1 aromatic heterocycles. The Bertz CT molecular complexity index is 658. The van der Waals surface area contributed by atoms with E-state index in [0.29, 0.717) is 10.6 Å². The second-order valence-corrected chi connectivity index (χ2v) is 6.09. The van der Waals surface area contributed by atoms with E-state index in [2.05, 4.69) is 16.0 Å². The Morgan fingerprint density at radius 3 is 2.42 bits per heavy atom. The van der Waals surface area contributed by atoms with E-state index in [1.54, 1.807) is 12.1 Å². The monoisotopic (exact) mass is 365 g/mol. The van der Waals surface area contributed by atoms with Gasteiger partial charge in [0.15, 0.2) is 0 Å².